The highest BCUT2D eigenvalue weighted by atomic mass is 32.2. The van der Waals surface area contributed by atoms with Gasteiger partial charge in [0, 0.05) is 18.8 Å². The van der Waals surface area contributed by atoms with Crippen molar-refractivity contribution >= 4 is 23.6 Å². The molecule has 5 heteroatoms. The van der Waals surface area contributed by atoms with Crippen LogP contribution in [0.5, 0.6) is 0 Å². The SMILES string of the molecule is CCC1C[C@H](C(=O)N(C)C2CCSC2)[C@H](C(=O)O)C1. The van der Waals surface area contributed by atoms with E-state index in [2.05, 4.69) is 6.92 Å². The third-order valence-corrected chi connectivity index (χ3v) is 5.82. The topological polar surface area (TPSA) is 57.6 Å². The van der Waals surface area contributed by atoms with Crippen LogP contribution in [0, 0.1) is 17.8 Å². The van der Waals surface area contributed by atoms with Crippen LogP contribution in [0.1, 0.15) is 32.6 Å². The normalized spacial score (nSPS) is 34.4. The largest absolute Gasteiger partial charge is 0.481 e. The molecule has 19 heavy (non-hydrogen) atoms. The molecule has 4 atom stereocenters. The zero-order valence-corrected chi connectivity index (χ0v) is 12.5. The van der Waals surface area contributed by atoms with E-state index >= 15 is 0 Å². The van der Waals surface area contributed by atoms with Crippen LogP contribution in [0.2, 0.25) is 0 Å². The molecule has 2 unspecified atom stereocenters. The van der Waals surface area contributed by atoms with Crippen molar-refractivity contribution < 1.29 is 14.7 Å². The highest BCUT2D eigenvalue weighted by Crippen LogP contribution is 2.40. The minimum Gasteiger partial charge on any atom is -0.481 e. The average molecular weight is 285 g/mol. The number of carboxylic acids is 1. The summed E-state index contributed by atoms with van der Waals surface area (Å²) in [7, 11) is 1.84. The predicted octanol–water partition coefficient (Wildman–Crippen LogP) is 2.09. The summed E-state index contributed by atoms with van der Waals surface area (Å²) in [6.07, 6.45) is 3.41. The molecule has 4 nitrogen and oxygen atoms in total. The van der Waals surface area contributed by atoms with Crippen molar-refractivity contribution in [3.63, 3.8) is 0 Å². The van der Waals surface area contributed by atoms with Gasteiger partial charge in [0.05, 0.1) is 11.8 Å². The van der Waals surface area contributed by atoms with Crippen LogP contribution in [0.25, 0.3) is 0 Å². The first-order chi connectivity index (χ1) is 9.04. The quantitative estimate of drug-likeness (QED) is 0.859. The number of aliphatic carboxylic acids is 1. The van der Waals surface area contributed by atoms with Gasteiger partial charge in [-0.3, -0.25) is 9.59 Å². The van der Waals surface area contributed by atoms with Gasteiger partial charge in [-0.2, -0.15) is 11.8 Å². The molecule has 1 saturated carbocycles. The van der Waals surface area contributed by atoms with Gasteiger partial charge in [-0.25, -0.2) is 0 Å². The van der Waals surface area contributed by atoms with Crippen molar-refractivity contribution in [3.8, 4) is 0 Å². The Morgan fingerprint density at radius 1 is 1.32 bits per heavy atom. The second-order valence-electron chi connectivity index (χ2n) is 5.76. The Morgan fingerprint density at radius 3 is 2.53 bits per heavy atom. The van der Waals surface area contributed by atoms with E-state index in [1.54, 1.807) is 0 Å². The van der Waals surface area contributed by atoms with Crippen molar-refractivity contribution in [2.45, 2.75) is 38.6 Å². The Labute approximate surface area is 118 Å². The average Bonchev–Trinajstić information content (AvgIpc) is 3.05. The number of carboxylic acid groups (broad SMARTS) is 1. The Morgan fingerprint density at radius 2 is 2.00 bits per heavy atom. The molecule has 1 saturated heterocycles. The number of nitrogens with zero attached hydrogens (tertiary/aromatic N) is 1. The molecule has 1 amide bonds. The van der Waals surface area contributed by atoms with Gasteiger partial charge in [0.1, 0.15) is 0 Å². The number of rotatable bonds is 4. The molecule has 108 valence electrons. The number of hydrogen-bond donors (Lipinski definition) is 1. The number of carbonyl (C=O) groups is 2. The highest BCUT2D eigenvalue weighted by molar-refractivity contribution is 7.99. The van der Waals surface area contributed by atoms with Gasteiger partial charge in [-0.1, -0.05) is 13.3 Å². The van der Waals surface area contributed by atoms with E-state index in [1.807, 2.05) is 23.7 Å². The number of thioether (sulfide) groups is 1. The van der Waals surface area contributed by atoms with Crippen LogP contribution in [0.4, 0.5) is 0 Å². The molecule has 1 aliphatic carbocycles. The summed E-state index contributed by atoms with van der Waals surface area (Å²) in [5, 5.41) is 9.32. The number of carbonyl (C=O) groups excluding carboxylic acids is 1. The molecular formula is C14H23NO3S. The number of hydrogen-bond acceptors (Lipinski definition) is 3. The summed E-state index contributed by atoms with van der Waals surface area (Å²) in [5.74, 6) is 0.948. The first-order valence-electron chi connectivity index (χ1n) is 7.11. The van der Waals surface area contributed by atoms with E-state index in [0.29, 0.717) is 18.4 Å². The summed E-state index contributed by atoms with van der Waals surface area (Å²) in [4.78, 5) is 25.7. The van der Waals surface area contributed by atoms with Crippen LogP contribution in [0.3, 0.4) is 0 Å². The Kier molecular flexibility index (Phi) is 4.76. The van der Waals surface area contributed by atoms with E-state index in [0.717, 1.165) is 30.8 Å². The van der Waals surface area contributed by atoms with E-state index < -0.39 is 11.9 Å². The van der Waals surface area contributed by atoms with Gasteiger partial charge in [0.2, 0.25) is 5.91 Å². The smallest absolute Gasteiger partial charge is 0.307 e. The van der Waals surface area contributed by atoms with Crippen LogP contribution in [0.15, 0.2) is 0 Å². The third-order valence-electron chi connectivity index (χ3n) is 4.67. The van der Waals surface area contributed by atoms with Crippen LogP contribution >= 0.6 is 11.8 Å². The van der Waals surface area contributed by atoms with Gasteiger partial charge in [-0.15, -0.1) is 0 Å². The lowest BCUT2D eigenvalue weighted by molar-refractivity contribution is -0.149. The Balaban J connectivity index is 2.05. The lowest BCUT2D eigenvalue weighted by atomic mass is 9.94. The lowest BCUT2D eigenvalue weighted by Gasteiger charge is -2.28. The molecule has 0 radical (unpaired) electrons. The fourth-order valence-electron chi connectivity index (χ4n) is 3.29. The summed E-state index contributed by atoms with van der Waals surface area (Å²) in [6.45, 7) is 2.08. The van der Waals surface area contributed by atoms with Crippen molar-refractivity contribution in [3.05, 3.63) is 0 Å². The minimum atomic E-state index is -0.802. The van der Waals surface area contributed by atoms with E-state index in [-0.39, 0.29) is 11.8 Å². The highest BCUT2D eigenvalue weighted by Gasteiger charge is 2.44. The van der Waals surface area contributed by atoms with E-state index in [1.165, 1.54) is 0 Å². The molecule has 0 aromatic carbocycles. The molecule has 0 aromatic rings. The van der Waals surface area contributed by atoms with Crippen molar-refractivity contribution in [2.75, 3.05) is 18.6 Å². The molecule has 2 fully saturated rings. The second kappa shape index (κ2) is 6.16. The first kappa shape index (κ1) is 14.7. The maximum absolute atomic E-state index is 12.6. The fourth-order valence-corrected chi connectivity index (χ4v) is 4.56. The third kappa shape index (κ3) is 3.07. The maximum atomic E-state index is 12.6. The molecule has 1 heterocycles. The maximum Gasteiger partial charge on any atom is 0.307 e. The summed E-state index contributed by atoms with van der Waals surface area (Å²) in [6, 6.07) is 0.299. The Bertz CT molecular complexity index is 355. The lowest BCUT2D eigenvalue weighted by Crippen LogP contribution is -2.42. The molecule has 1 N–H and O–H groups in total. The van der Waals surface area contributed by atoms with E-state index in [4.69, 9.17) is 0 Å². The molecular weight excluding hydrogens is 262 g/mol. The zero-order chi connectivity index (χ0) is 14.0. The second-order valence-corrected chi connectivity index (χ2v) is 6.91. The minimum absolute atomic E-state index is 0.0517. The van der Waals surface area contributed by atoms with Crippen LogP contribution in [-0.4, -0.2) is 46.5 Å². The molecule has 0 bridgehead atoms. The van der Waals surface area contributed by atoms with Crippen molar-refractivity contribution in [1.29, 1.82) is 0 Å². The van der Waals surface area contributed by atoms with Gasteiger partial charge in [0.25, 0.3) is 0 Å². The van der Waals surface area contributed by atoms with Crippen LogP contribution in [-0.2, 0) is 9.59 Å². The summed E-state index contributed by atoms with van der Waals surface area (Å²) >= 11 is 1.87. The van der Waals surface area contributed by atoms with Gasteiger partial charge in [-0.05, 0) is 30.9 Å². The van der Waals surface area contributed by atoms with Gasteiger partial charge in [0.15, 0.2) is 0 Å². The predicted molar refractivity (Wildman–Crippen MR) is 76.1 cm³/mol. The molecule has 1 aliphatic heterocycles. The molecule has 2 rings (SSSR count). The first-order valence-corrected chi connectivity index (χ1v) is 8.27. The molecule has 0 aromatic heterocycles. The van der Waals surface area contributed by atoms with Crippen molar-refractivity contribution in [2.24, 2.45) is 17.8 Å². The zero-order valence-electron chi connectivity index (χ0n) is 11.7. The fraction of sp³-hybridized carbons (Fsp3) is 0.857. The van der Waals surface area contributed by atoms with Gasteiger partial charge < -0.3 is 10.0 Å². The summed E-state index contributed by atoms with van der Waals surface area (Å²) < 4.78 is 0. The number of amides is 1. The monoisotopic (exact) mass is 285 g/mol. The summed E-state index contributed by atoms with van der Waals surface area (Å²) in [5.41, 5.74) is 0. The molecule has 0 spiro atoms. The van der Waals surface area contributed by atoms with Gasteiger partial charge >= 0.3 is 5.97 Å². The standard InChI is InChI=1S/C14H23NO3S/c1-3-9-6-11(12(7-9)14(17)18)13(16)15(2)10-4-5-19-8-10/h9-12H,3-8H2,1-2H3,(H,17,18)/t9?,10?,11-,12+/m0/s1. The van der Waals surface area contributed by atoms with E-state index in [9.17, 15) is 14.7 Å². The Hall–Kier alpha value is -0.710. The van der Waals surface area contributed by atoms with Crippen LogP contribution < -0.4 is 0 Å². The molecule has 2 aliphatic rings. The van der Waals surface area contributed by atoms with Crippen molar-refractivity contribution in [1.82, 2.24) is 4.90 Å².